The minimum absolute atomic E-state index is 0.223. The molecule has 0 saturated heterocycles. The summed E-state index contributed by atoms with van der Waals surface area (Å²) in [5.41, 5.74) is 1.03. The molecule has 2 aromatic rings. The molecule has 0 saturated carbocycles. The van der Waals surface area contributed by atoms with Crippen LogP contribution >= 0.6 is 0 Å². The number of aliphatic imine (C=N–C) groups is 1. The smallest absolute Gasteiger partial charge is 0.193 e. The number of rotatable bonds is 6. The van der Waals surface area contributed by atoms with Crippen molar-refractivity contribution in [1.29, 1.82) is 0 Å². The Morgan fingerprint density at radius 1 is 1.35 bits per heavy atom. The van der Waals surface area contributed by atoms with E-state index in [0.29, 0.717) is 6.54 Å². The highest BCUT2D eigenvalue weighted by atomic mass is 19.1. The van der Waals surface area contributed by atoms with Crippen LogP contribution < -0.4 is 5.32 Å². The first kappa shape index (κ1) is 16.9. The van der Waals surface area contributed by atoms with Crippen molar-refractivity contribution in [1.82, 2.24) is 25.0 Å². The highest BCUT2D eigenvalue weighted by molar-refractivity contribution is 5.79. The summed E-state index contributed by atoms with van der Waals surface area (Å²) in [6, 6.07) is 6.50. The van der Waals surface area contributed by atoms with Gasteiger partial charge in [0.2, 0.25) is 0 Å². The number of nitrogens with zero attached hydrogens (tertiary/aromatic N) is 5. The molecule has 124 valence electrons. The van der Waals surface area contributed by atoms with Gasteiger partial charge in [0.15, 0.2) is 5.96 Å². The Balaban J connectivity index is 1.85. The molecule has 1 aromatic carbocycles. The van der Waals surface area contributed by atoms with Gasteiger partial charge in [-0.2, -0.15) is 0 Å². The lowest BCUT2D eigenvalue weighted by molar-refractivity contribution is 0.472. The first-order valence-corrected chi connectivity index (χ1v) is 7.67. The number of guanidine groups is 1. The average Bonchev–Trinajstić information content (AvgIpc) is 3.01. The summed E-state index contributed by atoms with van der Waals surface area (Å²) in [5, 5.41) is 11.3. The normalized spacial score (nSPS) is 11.6. The van der Waals surface area contributed by atoms with Gasteiger partial charge in [0.1, 0.15) is 18.0 Å². The van der Waals surface area contributed by atoms with Crippen LogP contribution in [0.1, 0.15) is 18.3 Å². The van der Waals surface area contributed by atoms with Crippen LogP contribution in [0.5, 0.6) is 0 Å². The molecule has 0 bridgehead atoms. The summed E-state index contributed by atoms with van der Waals surface area (Å²) in [6.07, 6.45) is 2.60. The van der Waals surface area contributed by atoms with Crippen molar-refractivity contribution >= 4 is 5.96 Å². The predicted molar refractivity (Wildman–Crippen MR) is 88.6 cm³/mol. The molecule has 7 heteroatoms. The second-order valence-corrected chi connectivity index (χ2v) is 5.25. The maximum absolute atomic E-state index is 12.9. The van der Waals surface area contributed by atoms with Crippen LogP contribution in [0.15, 0.2) is 35.6 Å². The highest BCUT2D eigenvalue weighted by Crippen LogP contribution is 2.05. The van der Waals surface area contributed by atoms with Gasteiger partial charge >= 0.3 is 0 Å². The zero-order valence-electron chi connectivity index (χ0n) is 13.8. The molecule has 0 spiro atoms. The van der Waals surface area contributed by atoms with Gasteiger partial charge in [0.25, 0.3) is 0 Å². The van der Waals surface area contributed by atoms with Crippen LogP contribution in [0.3, 0.4) is 0 Å². The Bertz CT molecular complexity index is 634. The maximum Gasteiger partial charge on any atom is 0.193 e. The summed E-state index contributed by atoms with van der Waals surface area (Å²) in [6.45, 7) is 4.22. The third-order valence-corrected chi connectivity index (χ3v) is 3.55. The van der Waals surface area contributed by atoms with Crippen LogP contribution in [0.4, 0.5) is 4.39 Å². The minimum atomic E-state index is -0.223. The summed E-state index contributed by atoms with van der Waals surface area (Å²) in [4.78, 5) is 6.28. The van der Waals surface area contributed by atoms with E-state index in [1.807, 2.05) is 16.5 Å². The van der Waals surface area contributed by atoms with E-state index in [-0.39, 0.29) is 5.82 Å². The van der Waals surface area contributed by atoms with E-state index in [2.05, 4.69) is 27.4 Å². The SMILES string of the molecule is CCc1nncn1CCNC(=NC)N(C)Cc1ccc(F)cc1. The van der Waals surface area contributed by atoms with Gasteiger partial charge in [-0.1, -0.05) is 19.1 Å². The number of aryl methyl sites for hydroxylation is 1. The van der Waals surface area contributed by atoms with E-state index in [0.717, 1.165) is 36.9 Å². The van der Waals surface area contributed by atoms with Gasteiger partial charge in [-0.05, 0) is 17.7 Å². The Hall–Kier alpha value is -2.44. The number of aromatic nitrogens is 3. The zero-order valence-corrected chi connectivity index (χ0v) is 13.8. The maximum atomic E-state index is 12.9. The Kier molecular flexibility index (Phi) is 6.08. The highest BCUT2D eigenvalue weighted by Gasteiger charge is 2.07. The van der Waals surface area contributed by atoms with Crippen molar-refractivity contribution in [2.45, 2.75) is 26.4 Å². The number of benzene rings is 1. The predicted octanol–water partition coefficient (Wildman–Crippen LogP) is 1.69. The van der Waals surface area contributed by atoms with E-state index in [1.54, 1.807) is 25.5 Å². The fourth-order valence-corrected chi connectivity index (χ4v) is 2.35. The van der Waals surface area contributed by atoms with Crippen molar-refractivity contribution in [3.63, 3.8) is 0 Å². The van der Waals surface area contributed by atoms with Crippen LogP contribution in [0.25, 0.3) is 0 Å². The third kappa shape index (κ3) is 4.77. The standard InChI is InChI=1S/C16H23FN6/c1-4-15-21-20-12-23(15)10-9-19-16(18-2)22(3)11-13-5-7-14(17)8-6-13/h5-8,12H,4,9-11H2,1-3H3,(H,18,19). The first-order valence-electron chi connectivity index (χ1n) is 7.67. The lowest BCUT2D eigenvalue weighted by atomic mass is 10.2. The monoisotopic (exact) mass is 318 g/mol. The van der Waals surface area contributed by atoms with Crippen LogP contribution in [-0.2, 0) is 19.5 Å². The molecular weight excluding hydrogens is 295 g/mol. The van der Waals surface area contributed by atoms with Gasteiger partial charge < -0.3 is 14.8 Å². The van der Waals surface area contributed by atoms with Crippen molar-refractivity contribution in [2.75, 3.05) is 20.6 Å². The largest absolute Gasteiger partial charge is 0.354 e. The molecule has 0 aliphatic rings. The third-order valence-electron chi connectivity index (χ3n) is 3.55. The first-order chi connectivity index (χ1) is 11.1. The molecule has 0 atom stereocenters. The van der Waals surface area contributed by atoms with E-state index < -0.39 is 0 Å². The van der Waals surface area contributed by atoms with Crippen molar-refractivity contribution in [2.24, 2.45) is 4.99 Å². The fraction of sp³-hybridized carbons (Fsp3) is 0.438. The lowest BCUT2D eigenvalue weighted by Gasteiger charge is -2.22. The van der Waals surface area contributed by atoms with Crippen molar-refractivity contribution < 1.29 is 4.39 Å². The molecule has 6 nitrogen and oxygen atoms in total. The quantitative estimate of drug-likeness (QED) is 0.650. The molecule has 1 heterocycles. The van der Waals surface area contributed by atoms with E-state index in [9.17, 15) is 4.39 Å². The van der Waals surface area contributed by atoms with Crippen LogP contribution in [0, 0.1) is 5.82 Å². The summed E-state index contributed by atoms with van der Waals surface area (Å²) in [5.74, 6) is 1.54. The molecule has 0 unspecified atom stereocenters. The van der Waals surface area contributed by atoms with Crippen molar-refractivity contribution in [3.05, 3.63) is 47.8 Å². The van der Waals surface area contributed by atoms with Gasteiger partial charge in [0, 0.05) is 40.2 Å². The van der Waals surface area contributed by atoms with Gasteiger partial charge in [-0.25, -0.2) is 4.39 Å². The number of halogens is 1. The molecular formula is C16H23FN6. The summed E-state index contributed by atoms with van der Waals surface area (Å²) < 4.78 is 15.0. The average molecular weight is 318 g/mol. The van der Waals surface area contributed by atoms with Gasteiger partial charge in [-0.3, -0.25) is 4.99 Å². The Morgan fingerprint density at radius 2 is 2.09 bits per heavy atom. The molecule has 23 heavy (non-hydrogen) atoms. The summed E-state index contributed by atoms with van der Waals surface area (Å²) >= 11 is 0. The second-order valence-electron chi connectivity index (χ2n) is 5.25. The Morgan fingerprint density at radius 3 is 2.74 bits per heavy atom. The molecule has 0 fully saturated rings. The molecule has 1 N–H and O–H groups in total. The topological polar surface area (TPSA) is 58.3 Å². The van der Waals surface area contributed by atoms with Gasteiger partial charge in [0.05, 0.1) is 0 Å². The van der Waals surface area contributed by atoms with Crippen LogP contribution in [-0.4, -0.2) is 46.3 Å². The molecule has 0 amide bonds. The molecule has 0 aliphatic carbocycles. The lowest BCUT2D eigenvalue weighted by Crippen LogP contribution is -2.39. The molecule has 1 aromatic heterocycles. The molecule has 0 aliphatic heterocycles. The number of nitrogens with one attached hydrogen (secondary N) is 1. The van der Waals surface area contributed by atoms with Crippen LogP contribution in [0.2, 0.25) is 0 Å². The second kappa shape index (κ2) is 8.26. The van der Waals surface area contributed by atoms with E-state index in [4.69, 9.17) is 0 Å². The fourth-order valence-electron chi connectivity index (χ4n) is 2.35. The molecule has 0 radical (unpaired) electrons. The number of hydrogen-bond donors (Lipinski definition) is 1. The summed E-state index contributed by atoms with van der Waals surface area (Å²) in [7, 11) is 3.70. The minimum Gasteiger partial charge on any atom is -0.354 e. The van der Waals surface area contributed by atoms with E-state index >= 15 is 0 Å². The Labute approximate surface area is 136 Å². The van der Waals surface area contributed by atoms with E-state index in [1.165, 1.54) is 12.1 Å². The molecule has 2 rings (SSSR count). The van der Waals surface area contributed by atoms with Crippen molar-refractivity contribution in [3.8, 4) is 0 Å². The zero-order chi connectivity index (χ0) is 16.7. The number of hydrogen-bond acceptors (Lipinski definition) is 3. The van der Waals surface area contributed by atoms with Gasteiger partial charge in [-0.15, -0.1) is 10.2 Å².